The van der Waals surface area contributed by atoms with Crippen LogP contribution in [-0.2, 0) is 11.2 Å². The molecule has 0 saturated carbocycles. The molecular formula is C20H17N3O2. The molecule has 0 bridgehead atoms. The number of hydrogen-bond acceptors (Lipinski definition) is 3. The fraction of sp³-hybridized carbons (Fsp3) is 0.0500. The van der Waals surface area contributed by atoms with E-state index < -0.39 is 0 Å². The molecule has 3 aromatic rings. The number of nitrogens with zero attached hydrogens (tertiary/aromatic N) is 1. The van der Waals surface area contributed by atoms with Crippen molar-refractivity contribution in [3.8, 4) is 0 Å². The van der Waals surface area contributed by atoms with E-state index in [9.17, 15) is 9.59 Å². The Morgan fingerprint density at radius 3 is 2.20 bits per heavy atom. The van der Waals surface area contributed by atoms with Crippen LogP contribution in [0.3, 0.4) is 0 Å². The summed E-state index contributed by atoms with van der Waals surface area (Å²) < 4.78 is 0. The normalized spacial score (nSPS) is 10.1. The Morgan fingerprint density at radius 2 is 1.52 bits per heavy atom. The fourth-order valence-corrected chi connectivity index (χ4v) is 2.32. The van der Waals surface area contributed by atoms with Crippen LogP contribution in [-0.4, -0.2) is 16.8 Å². The molecular weight excluding hydrogens is 314 g/mol. The highest BCUT2D eigenvalue weighted by atomic mass is 16.2. The highest BCUT2D eigenvalue weighted by Crippen LogP contribution is 2.12. The first kappa shape index (κ1) is 16.4. The van der Waals surface area contributed by atoms with Crippen molar-refractivity contribution >= 4 is 23.3 Å². The molecule has 0 radical (unpaired) electrons. The van der Waals surface area contributed by atoms with Crippen LogP contribution in [0.1, 0.15) is 15.9 Å². The van der Waals surface area contributed by atoms with Crippen LogP contribution in [0, 0.1) is 0 Å². The number of amides is 2. The molecule has 0 unspecified atom stereocenters. The summed E-state index contributed by atoms with van der Waals surface area (Å²) in [5.41, 5.74) is 2.09. The molecule has 2 aromatic carbocycles. The van der Waals surface area contributed by atoms with Gasteiger partial charge in [-0.05, 0) is 42.0 Å². The molecule has 0 saturated heterocycles. The summed E-state index contributed by atoms with van der Waals surface area (Å²) >= 11 is 0. The van der Waals surface area contributed by atoms with Gasteiger partial charge in [0, 0.05) is 17.4 Å². The van der Waals surface area contributed by atoms with Crippen molar-refractivity contribution in [2.75, 3.05) is 10.6 Å². The summed E-state index contributed by atoms with van der Waals surface area (Å²) in [6.45, 7) is 0. The first-order chi connectivity index (χ1) is 12.2. The lowest BCUT2D eigenvalue weighted by atomic mass is 10.1. The number of aromatic nitrogens is 1. The van der Waals surface area contributed by atoms with E-state index >= 15 is 0 Å². The summed E-state index contributed by atoms with van der Waals surface area (Å²) in [6, 6.07) is 21.6. The SMILES string of the molecule is O=C(Cc1ccccc1)Nc1ccc(C(=O)Nc2ccccn2)cc1. The van der Waals surface area contributed by atoms with E-state index in [0.717, 1.165) is 5.56 Å². The molecule has 5 nitrogen and oxygen atoms in total. The molecule has 1 aromatic heterocycles. The number of anilines is 2. The summed E-state index contributed by atoms with van der Waals surface area (Å²) in [7, 11) is 0. The third-order valence-electron chi connectivity index (χ3n) is 3.54. The van der Waals surface area contributed by atoms with Crippen molar-refractivity contribution in [3.05, 3.63) is 90.1 Å². The predicted octanol–water partition coefficient (Wildman–Crippen LogP) is 3.52. The molecule has 0 fully saturated rings. The first-order valence-electron chi connectivity index (χ1n) is 7.87. The van der Waals surface area contributed by atoms with Crippen molar-refractivity contribution in [1.29, 1.82) is 0 Å². The van der Waals surface area contributed by atoms with Crippen molar-refractivity contribution < 1.29 is 9.59 Å². The number of nitrogens with one attached hydrogen (secondary N) is 2. The minimum Gasteiger partial charge on any atom is -0.326 e. The van der Waals surface area contributed by atoms with Crippen LogP contribution in [0.5, 0.6) is 0 Å². The van der Waals surface area contributed by atoms with Gasteiger partial charge in [0.2, 0.25) is 5.91 Å². The van der Waals surface area contributed by atoms with Gasteiger partial charge in [0.1, 0.15) is 5.82 Å². The van der Waals surface area contributed by atoms with E-state index in [4.69, 9.17) is 0 Å². The van der Waals surface area contributed by atoms with Gasteiger partial charge in [-0.25, -0.2) is 4.98 Å². The number of carbonyl (C=O) groups is 2. The van der Waals surface area contributed by atoms with E-state index in [2.05, 4.69) is 15.6 Å². The van der Waals surface area contributed by atoms with Gasteiger partial charge in [-0.1, -0.05) is 36.4 Å². The largest absolute Gasteiger partial charge is 0.326 e. The molecule has 124 valence electrons. The predicted molar refractivity (Wildman–Crippen MR) is 97.4 cm³/mol. The van der Waals surface area contributed by atoms with Gasteiger partial charge in [-0.2, -0.15) is 0 Å². The van der Waals surface area contributed by atoms with Gasteiger partial charge in [0.05, 0.1) is 6.42 Å². The van der Waals surface area contributed by atoms with Crippen molar-refractivity contribution in [1.82, 2.24) is 4.98 Å². The molecule has 25 heavy (non-hydrogen) atoms. The van der Waals surface area contributed by atoms with Gasteiger partial charge >= 0.3 is 0 Å². The van der Waals surface area contributed by atoms with Crippen molar-refractivity contribution in [2.45, 2.75) is 6.42 Å². The Kier molecular flexibility index (Phi) is 5.16. The summed E-state index contributed by atoms with van der Waals surface area (Å²) in [5, 5.41) is 5.54. The maximum absolute atomic E-state index is 12.2. The lowest BCUT2D eigenvalue weighted by molar-refractivity contribution is -0.115. The van der Waals surface area contributed by atoms with E-state index in [-0.39, 0.29) is 11.8 Å². The Bertz CT molecular complexity index is 847. The molecule has 3 rings (SSSR count). The quantitative estimate of drug-likeness (QED) is 0.751. The highest BCUT2D eigenvalue weighted by Gasteiger charge is 2.08. The third-order valence-corrected chi connectivity index (χ3v) is 3.54. The second-order valence-electron chi connectivity index (χ2n) is 5.46. The van der Waals surface area contributed by atoms with Crippen LogP contribution >= 0.6 is 0 Å². The zero-order valence-corrected chi connectivity index (χ0v) is 13.5. The number of rotatable bonds is 5. The maximum Gasteiger partial charge on any atom is 0.256 e. The van der Waals surface area contributed by atoms with E-state index in [0.29, 0.717) is 23.5 Å². The van der Waals surface area contributed by atoms with Gasteiger partial charge in [0.25, 0.3) is 5.91 Å². The summed E-state index contributed by atoms with van der Waals surface area (Å²) in [6.07, 6.45) is 1.92. The second kappa shape index (κ2) is 7.88. The molecule has 0 aliphatic carbocycles. The topological polar surface area (TPSA) is 71.1 Å². The number of benzene rings is 2. The molecule has 2 N–H and O–H groups in total. The van der Waals surface area contributed by atoms with Gasteiger partial charge in [-0.15, -0.1) is 0 Å². The van der Waals surface area contributed by atoms with Gasteiger partial charge < -0.3 is 10.6 Å². The molecule has 1 heterocycles. The molecule has 0 aliphatic rings. The zero-order valence-electron chi connectivity index (χ0n) is 13.5. The van der Waals surface area contributed by atoms with Crippen LogP contribution in [0.4, 0.5) is 11.5 Å². The fourth-order valence-electron chi connectivity index (χ4n) is 2.32. The molecule has 5 heteroatoms. The lowest BCUT2D eigenvalue weighted by Crippen LogP contribution is -2.15. The number of carbonyl (C=O) groups excluding carboxylic acids is 2. The smallest absolute Gasteiger partial charge is 0.256 e. The minimum atomic E-state index is -0.249. The molecule has 2 amide bonds. The molecule has 0 aliphatic heterocycles. The summed E-state index contributed by atoms with van der Waals surface area (Å²) in [5.74, 6) is 0.144. The van der Waals surface area contributed by atoms with E-state index in [1.54, 1.807) is 48.7 Å². The monoisotopic (exact) mass is 331 g/mol. The van der Waals surface area contributed by atoms with Crippen molar-refractivity contribution in [2.24, 2.45) is 0 Å². The molecule has 0 spiro atoms. The van der Waals surface area contributed by atoms with Crippen LogP contribution < -0.4 is 10.6 Å². The van der Waals surface area contributed by atoms with Crippen molar-refractivity contribution in [3.63, 3.8) is 0 Å². The Morgan fingerprint density at radius 1 is 0.800 bits per heavy atom. The molecule has 0 atom stereocenters. The third kappa shape index (κ3) is 4.75. The Hall–Kier alpha value is -3.47. The lowest BCUT2D eigenvalue weighted by Gasteiger charge is -2.07. The van der Waals surface area contributed by atoms with Crippen LogP contribution in [0.15, 0.2) is 79.0 Å². The first-order valence-corrected chi connectivity index (χ1v) is 7.87. The highest BCUT2D eigenvalue weighted by molar-refractivity contribution is 6.04. The van der Waals surface area contributed by atoms with E-state index in [1.165, 1.54) is 0 Å². The average molecular weight is 331 g/mol. The van der Waals surface area contributed by atoms with Gasteiger partial charge in [-0.3, -0.25) is 9.59 Å². The van der Waals surface area contributed by atoms with Crippen LogP contribution in [0.25, 0.3) is 0 Å². The van der Waals surface area contributed by atoms with E-state index in [1.807, 2.05) is 30.3 Å². The maximum atomic E-state index is 12.2. The number of hydrogen-bond donors (Lipinski definition) is 2. The zero-order chi connectivity index (χ0) is 17.5. The second-order valence-corrected chi connectivity index (χ2v) is 5.46. The number of pyridine rings is 1. The average Bonchev–Trinajstić information content (AvgIpc) is 2.64. The Labute approximate surface area is 145 Å². The minimum absolute atomic E-state index is 0.100. The van der Waals surface area contributed by atoms with Crippen LogP contribution in [0.2, 0.25) is 0 Å². The summed E-state index contributed by atoms with van der Waals surface area (Å²) in [4.78, 5) is 28.2. The standard InChI is InChI=1S/C20H17N3O2/c24-19(14-15-6-2-1-3-7-15)22-17-11-9-16(10-12-17)20(25)23-18-8-4-5-13-21-18/h1-13H,14H2,(H,22,24)(H,21,23,25). The Balaban J connectivity index is 1.58. The van der Waals surface area contributed by atoms with Gasteiger partial charge in [0.15, 0.2) is 0 Å².